The number of nitrogens with zero attached hydrogens (tertiary/aromatic N) is 1. The van der Waals surface area contributed by atoms with Gasteiger partial charge < -0.3 is 0 Å². The van der Waals surface area contributed by atoms with Gasteiger partial charge >= 0.3 is 0 Å². The first-order valence-corrected chi connectivity index (χ1v) is 11.0. The van der Waals surface area contributed by atoms with E-state index in [-0.39, 0.29) is 15.7 Å². The zero-order valence-electron chi connectivity index (χ0n) is 16.6. The van der Waals surface area contributed by atoms with Crippen molar-refractivity contribution in [3.63, 3.8) is 0 Å². The Hall–Kier alpha value is -3.20. The van der Waals surface area contributed by atoms with E-state index in [0.29, 0.717) is 28.8 Å². The number of rotatable bonds is 2. The fourth-order valence-corrected chi connectivity index (χ4v) is 4.56. The zero-order chi connectivity index (χ0) is 22.0. The van der Waals surface area contributed by atoms with Crippen LogP contribution < -0.4 is 4.31 Å². The van der Waals surface area contributed by atoms with Crippen LogP contribution >= 0.6 is 11.6 Å². The highest BCUT2D eigenvalue weighted by Gasteiger charge is 2.32. The lowest BCUT2D eigenvalue weighted by Crippen LogP contribution is -2.31. The minimum absolute atomic E-state index is 0.0619. The monoisotopic (exact) mass is 449 g/mol. The van der Waals surface area contributed by atoms with Crippen molar-refractivity contribution in [2.24, 2.45) is 0 Å². The number of hydrogen-bond acceptors (Lipinski definition) is 2. The lowest BCUT2D eigenvalue weighted by molar-refractivity contribution is 0.104. The number of allylic oxidation sites excluding steroid dienone is 1. The summed E-state index contributed by atoms with van der Waals surface area (Å²) in [7, 11) is -0.0312. The average Bonchev–Trinajstić information content (AvgIpc) is 2.78. The molecule has 0 saturated heterocycles. The maximum absolute atomic E-state index is 13.4. The van der Waals surface area contributed by atoms with Gasteiger partial charge in [0.2, 0.25) is 5.78 Å². The van der Waals surface area contributed by atoms with Gasteiger partial charge in [-0.15, -0.1) is 0 Å². The largest absolute Gasteiger partial charge is 0.290 e. The SMILES string of the molecule is CN1c2ccc(C#CCc3ccccc3)cc2C(=O)/C(=C\c2ccc(F)c(Cl)c2)S1=O. The summed E-state index contributed by atoms with van der Waals surface area (Å²) in [4.78, 5) is 13.2. The van der Waals surface area contributed by atoms with Gasteiger partial charge in [-0.3, -0.25) is 9.10 Å². The number of hydrogen-bond donors (Lipinski definition) is 0. The van der Waals surface area contributed by atoms with Crippen LogP contribution in [-0.2, 0) is 17.4 Å². The van der Waals surface area contributed by atoms with Crippen molar-refractivity contribution in [2.45, 2.75) is 6.42 Å². The Morgan fingerprint density at radius 2 is 1.87 bits per heavy atom. The summed E-state index contributed by atoms with van der Waals surface area (Å²) in [6.07, 6.45) is 2.09. The molecule has 0 N–H and O–H groups in total. The lowest BCUT2D eigenvalue weighted by atomic mass is 10.0. The number of carbonyl (C=O) groups is 1. The first-order chi connectivity index (χ1) is 14.9. The van der Waals surface area contributed by atoms with E-state index in [1.165, 1.54) is 28.6 Å². The molecule has 1 atom stereocenters. The van der Waals surface area contributed by atoms with Gasteiger partial charge in [0.15, 0.2) is 11.0 Å². The van der Waals surface area contributed by atoms with Crippen molar-refractivity contribution >= 4 is 40.1 Å². The molecule has 31 heavy (non-hydrogen) atoms. The van der Waals surface area contributed by atoms with E-state index in [4.69, 9.17) is 11.6 Å². The van der Waals surface area contributed by atoms with Gasteiger partial charge in [-0.1, -0.05) is 59.8 Å². The highest BCUT2D eigenvalue weighted by molar-refractivity contribution is 7.91. The summed E-state index contributed by atoms with van der Waals surface area (Å²) in [6.45, 7) is 0. The van der Waals surface area contributed by atoms with Crippen molar-refractivity contribution in [3.8, 4) is 11.8 Å². The summed E-state index contributed by atoms with van der Waals surface area (Å²) in [6, 6.07) is 19.3. The fourth-order valence-electron chi connectivity index (χ4n) is 3.23. The van der Waals surface area contributed by atoms with Gasteiger partial charge in [0.1, 0.15) is 10.7 Å². The molecule has 0 radical (unpaired) electrons. The van der Waals surface area contributed by atoms with E-state index in [9.17, 15) is 13.4 Å². The predicted octanol–water partition coefficient (Wildman–Crippen LogP) is 5.41. The molecule has 0 aromatic heterocycles. The Morgan fingerprint density at radius 3 is 2.61 bits per heavy atom. The van der Waals surface area contributed by atoms with Crippen molar-refractivity contribution < 1.29 is 13.4 Å². The molecular weight excluding hydrogens is 433 g/mol. The minimum Gasteiger partial charge on any atom is -0.290 e. The van der Waals surface area contributed by atoms with Crippen LogP contribution in [0.5, 0.6) is 0 Å². The number of ketones is 1. The number of carbonyl (C=O) groups excluding carboxylic acids is 1. The van der Waals surface area contributed by atoms with Gasteiger partial charge in [-0.05, 0) is 47.5 Å². The molecule has 3 aromatic carbocycles. The normalized spacial score (nSPS) is 16.6. The molecule has 1 aliphatic rings. The van der Waals surface area contributed by atoms with Crippen LogP contribution in [0.4, 0.5) is 10.1 Å². The fraction of sp³-hybridized carbons (Fsp3) is 0.0800. The molecule has 1 heterocycles. The Balaban J connectivity index is 1.67. The maximum atomic E-state index is 13.4. The predicted molar refractivity (Wildman–Crippen MR) is 124 cm³/mol. The van der Waals surface area contributed by atoms with E-state index in [2.05, 4.69) is 11.8 Å². The number of halogens is 2. The molecule has 0 bridgehead atoms. The number of anilines is 1. The third-order valence-electron chi connectivity index (χ3n) is 4.85. The molecule has 1 unspecified atom stereocenters. The number of fused-ring (bicyclic) bond motifs is 1. The Bertz CT molecular complexity index is 1290. The molecule has 3 nitrogen and oxygen atoms in total. The van der Waals surface area contributed by atoms with Crippen LogP contribution in [0.25, 0.3) is 6.08 Å². The summed E-state index contributed by atoms with van der Waals surface area (Å²) < 4.78 is 27.9. The first kappa shape index (κ1) is 21.0. The van der Waals surface area contributed by atoms with Crippen LogP contribution in [0.2, 0.25) is 5.02 Å². The van der Waals surface area contributed by atoms with Gasteiger partial charge in [0.05, 0.1) is 10.7 Å². The number of benzene rings is 3. The summed E-state index contributed by atoms with van der Waals surface area (Å²) in [5.41, 5.74) is 3.31. The second-order valence-corrected chi connectivity index (χ2v) is 8.85. The molecule has 4 rings (SSSR count). The van der Waals surface area contributed by atoms with Crippen LogP contribution in [0, 0.1) is 17.7 Å². The molecule has 1 aliphatic heterocycles. The summed E-state index contributed by atoms with van der Waals surface area (Å²) >= 11 is 5.84. The maximum Gasteiger partial charge on any atom is 0.205 e. The Kier molecular flexibility index (Phi) is 6.03. The van der Waals surface area contributed by atoms with Gasteiger partial charge in [0, 0.05) is 24.6 Å². The van der Waals surface area contributed by atoms with E-state index < -0.39 is 16.8 Å². The molecule has 0 spiro atoms. The molecule has 6 heteroatoms. The molecule has 154 valence electrons. The first-order valence-electron chi connectivity index (χ1n) is 9.48. The van der Waals surface area contributed by atoms with Crippen LogP contribution in [0.15, 0.2) is 71.6 Å². The molecule has 0 aliphatic carbocycles. The molecule has 0 amide bonds. The zero-order valence-corrected chi connectivity index (χ0v) is 18.1. The van der Waals surface area contributed by atoms with E-state index in [0.717, 1.165) is 5.56 Å². The lowest BCUT2D eigenvalue weighted by Gasteiger charge is -2.27. The Morgan fingerprint density at radius 1 is 1.10 bits per heavy atom. The average molecular weight is 450 g/mol. The standard InChI is InChI=1S/C25H17ClFNO2S/c1-28-23-13-11-18(9-5-8-17-6-3-2-4-7-17)14-20(23)25(29)24(31(28)30)16-19-10-12-22(27)21(26)15-19/h2-4,6-7,10-16H,8H2,1H3/b24-16+. The van der Waals surface area contributed by atoms with Gasteiger partial charge in [0.25, 0.3) is 0 Å². The van der Waals surface area contributed by atoms with Gasteiger partial charge in [-0.2, -0.15) is 0 Å². The summed E-state index contributed by atoms with van der Waals surface area (Å²) in [5.74, 6) is 5.31. The number of Topliss-reactive ketones (excluding diaryl/α,β-unsaturated/α-hetero) is 1. The molecule has 0 fully saturated rings. The topological polar surface area (TPSA) is 37.4 Å². The second kappa shape index (κ2) is 8.89. The van der Waals surface area contributed by atoms with Crippen LogP contribution in [-0.4, -0.2) is 17.0 Å². The van der Waals surface area contributed by atoms with E-state index >= 15 is 0 Å². The van der Waals surface area contributed by atoms with E-state index in [1.54, 1.807) is 19.2 Å². The minimum atomic E-state index is -1.69. The van der Waals surface area contributed by atoms with Gasteiger partial charge in [-0.25, -0.2) is 8.60 Å². The molecule has 3 aromatic rings. The molecule has 0 saturated carbocycles. The highest BCUT2D eigenvalue weighted by atomic mass is 35.5. The second-order valence-electron chi connectivity index (χ2n) is 6.95. The molecular formula is C25H17ClFNO2S. The van der Waals surface area contributed by atoms with Crippen molar-refractivity contribution in [2.75, 3.05) is 11.4 Å². The van der Waals surface area contributed by atoms with Crippen LogP contribution in [0.1, 0.15) is 27.0 Å². The third-order valence-corrected chi connectivity index (χ3v) is 6.51. The third kappa shape index (κ3) is 4.46. The van der Waals surface area contributed by atoms with Crippen molar-refractivity contribution in [1.82, 2.24) is 0 Å². The quantitative estimate of drug-likeness (QED) is 0.387. The highest BCUT2D eigenvalue weighted by Crippen LogP contribution is 2.33. The summed E-state index contributed by atoms with van der Waals surface area (Å²) in [5, 5.41) is -0.0619. The van der Waals surface area contributed by atoms with Crippen LogP contribution in [0.3, 0.4) is 0 Å². The van der Waals surface area contributed by atoms with Crippen molar-refractivity contribution in [1.29, 1.82) is 0 Å². The smallest absolute Gasteiger partial charge is 0.205 e. The Labute approximate surface area is 187 Å². The van der Waals surface area contributed by atoms with Crippen molar-refractivity contribution in [3.05, 3.63) is 105 Å². The van der Waals surface area contributed by atoms with E-state index in [1.807, 2.05) is 36.4 Å².